The zero-order valence-corrected chi connectivity index (χ0v) is 10.0. The Labute approximate surface area is 106 Å². The van der Waals surface area contributed by atoms with E-state index >= 15 is 0 Å². The Morgan fingerprint density at radius 2 is 2.28 bits per heavy atom. The molecule has 5 heteroatoms. The molecule has 3 rings (SSSR count). The van der Waals surface area contributed by atoms with E-state index in [1.54, 1.807) is 6.20 Å². The maximum Gasteiger partial charge on any atom is 0.306 e. The molecule has 2 heterocycles. The minimum atomic E-state index is -0.662. The summed E-state index contributed by atoms with van der Waals surface area (Å²) in [5, 5.41) is 9.16. The van der Waals surface area contributed by atoms with E-state index in [-0.39, 0.29) is 12.0 Å². The quantitative estimate of drug-likeness (QED) is 0.729. The van der Waals surface area contributed by atoms with Gasteiger partial charge < -0.3 is 5.11 Å². The van der Waals surface area contributed by atoms with Crippen molar-refractivity contribution < 1.29 is 9.90 Å². The maximum absolute atomic E-state index is 11.1. The van der Waals surface area contributed by atoms with Crippen molar-refractivity contribution in [2.75, 3.05) is 0 Å². The van der Waals surface area contributed by atoms with Gasteiger partial charge in [-0.15, -0.1) is 0 Å². The predicted molar refractivity (Wildman–Crippen MR) is 65.5 cm³/mol. The monoisotopic (exact) mass is 247 g/mol. The standard InChI is InChI=1S/C13H17N3O2/c17-13(18)8-3-4-11-10(6-8)12(16-15-11)9-2-1-5-14-7-9/h1-2,5,7-8,10-12,15-16H,3-4,6H2,(H,17,18). The Morgan fingerprint density at radius 3 is 3.00 bits per heavy atom. The average molecular weight is 247 g/mol. The number of aromatic nitrogens is 1. The molecule has 18 heavy (non-hydrogen) atoms. The minimum Gasteiger partial charge on any atom is -0.481 e. The zero-order valence-electron chi connectivity index (χ0n) is 10.0. The molecule has 5 nitrogen and oxygen atoms in total. The summed E-state index contributed by atoms with van der Waals surface area (Å²) in [5.41, 5.74) is 7.72. The predicted octanol–water partition coefficient (Wildman–Crippen LogP) is 1.10. The van der Waals surface area contributed by atoms with E-state index in [0.717, 1.165) is 24.8 Å². The highest BCUT2D eigenvalue weighted by Gasteiger charge is 2.42. The van der Waals surface area contributed by atoms with Crippen molar-refractivity contribution in [1.29, 1.82) is 0 Å². The average Bonchev–Trinajstić information content (AvgIpc) is 2.82. The number of nitrogens with zero attached hydrogens (tertiary/aromatic N) is 1. The van der Waals surface area contributed by atoms with Gasteiger partial charge in [0.15, 0.2) is 0 Å². The molecular formula is C13H17N3O2. The van der Waals surface area contributed by atoms with E-state index in [2.05, 4.69) is 15.8 Å². The van der Waals surface area contributed by atoms with Crippen LogP contribution in [0.25, 0.3) is 0 Å². The normalized spacial score (nSPS) is 35.1. The summed E-state index contributed by atoms with van der Waals surface area (Å²) in [6.07, 6.45) is 6.03. The van der Waals surface area contributed by atoms with Gasteiger partial charge in [0, 0.05) is 18.4 Å². The highest BCUT2D eigenvalue weighted by molar-refractivity contribution is 5.70. The molecule has 3 N–H and O–H groups in total. The smallest absolute Gasteiger partial charge is 0.306 e. The van der Waals surface area contributed by atoms with Gasteiger partial charge in [-0.05, 0) is 36.8 Å². The van der Waals surface area contributed by atoms with Crippen LogP contribution in [0, 0.1) is 11.8 Å². The Balaban J connectivity index is 1.80. The lowest BCUT2D eigenvalue weighted by molar-refractivity contribution is -0.143. The maximum atomic E-state index is 11.1. The Bertz CT molecular complexity index is 437. The van der Waals surface area contributed by atoms with Crippen LogP contribution in [0.3, 0.4) is 0 Å². The number of hydrogen-bond acceptors (Lipinski definition) is 4. The summed E-state index contributed by atoms with van der Waals surface area (Å²) in [7, 11) is 0. The van der Waals surface area contributed by atoms with Crippen molar-refractivity contribution in [3.05, 3.63) is 30.1 Å². The zero-order chi connectivity index (χ0) is 12.5. The van der Waals surface area contributed by atoms with Crippen LogP contribution >= 0.6 is 0 Å². The molecule has 2 aliphatic rings. The molecule has 4 atom stereocenters. The van der Waals surface area contributed by atoms with Gasteiger partial charge >= 0.3 is 5.97 Å². The number of hydrazine groups is 1. The van der Waals surface area contributed by atoms with Crippen molar-refractivity contribution in [2.45, 2.75) is 31.3 Å². The number of rotatable bonds is 2. The lowest BCUT2D eigenvalue weighted by atomic mass is 9.75. The number of carbonyl (C=O) groups is 1. The number of pyridine rings is 1. The molecule has 1 saturated carbocycles. The number of carboxylic acid groups (broad SMARTS) is 1. The van der Waals surface area contributed by atoms with E-state index in [0.29, 0.717) is 12.0 Å². The summed E-state index contributed by atoms with van der Waals surface area (Å²) < 4.78 is 0. The Kier molecular flexibility index (Phi) is 3.01. The van der Waals surface area contributed by atoms with Crippen LogP contribution in [0.1, 0.15) is 30.9 Å². The number of carboxylic acids is 1. The molecular weight excluding hydrogens is 230 g/mol. The van der Waals surface area contributed by atoms with E-state index < -0.39 is 5.97 Å². The van der Waals surface area contributed by atoms with Crippen molar-refractivity contribution >= 4 is 5.97 Å². The van der Waals surface area contributed by atoms with Crippen LogP contribution in [0.5, 0.6) is 0 Å². The number of fused-ring (bicyclic) bond motifs is 1. The molecule has 96 valence electrons. The van der Waals surface area contributed by atoms with E-state index in [9.17, 15) is 4.79 Å². The molecule has 0 aromatic carbocycles. The van der Waals surface area contributed by atoms with Gasteiger partial charge in [-0.25, -0.2) is 5.43 Å². The molecule has 1 aromatic rings. The second-order valence-electron chi connectivity index (χ2n) is 5.17. The van der Waals surface area contributed by atoms with Gasteiger partial charge in [-0.1, -0.05) is 6.07 Å². The van der Waals surface area contributed by atoms with E-state index in [1.807, 2.05) is 18.3 Å². The van der Waals surface area contributed by atoms with Crippen molar-refractivity contribution in [3.8, 4) is 0 Å². The molecule has 1 aromatic heterocycles. The molecule has 1 aliphatic carbocycles. The number of hydrogen-bond donors (Lipinski definition) is 3. The SMILES string of the molecule is O=C(O)C1CCC2NNC(c3cccnc3)C2C1. The van der Waals surface area contributed by atoms with Crippen LogP contribution < -0.4 is 10.9 Å². The van der Waals surface area contributed by atoms with Crippen LogP contribution in [-0.4, -0.2) is 22.1 Å². The summed E-state index contributed by atoms with van der Waals surface area (Å²) in [6.45, 7) is 0. The first-order valence-electron chi connectivity index (χ1n) is 6.39. The van der Waals surface area contributed by atoms with Crippen molar-refractivity contribution in [3.63, 3.8) is 0 Å². The van der Waals surface area contributed by atoms with Gasteiger partial charge in [0.05, 0.1) is 12.0 Å². The lowest BCUT2D eigenvalue weighted by Gasteiger charge is -2.31. The molecule has 1 aliphatic heterocycles. The first kappa shape index (κ1) is 11.6. The second-order valence-corrected chi connectivity index (χ2v) is 5.17. The highest BCUT2D eigenvalue weighted by Crippen LogP contribution is 2.40. The van der Waals surface area contributed by atoms with Gasteiger partial charge in [-0.2, -0.15) is 0 Å². The first-order valence-corrected chi connectivity index (χ1v) is 6.39. The Morgan fingerprint density at radius 1 is 1.39 bits per heavy atom. The summed E-state index contributed by atoms with van der Waals surface area (Å²) >= 11 is 0. The van der Waals surface area contributed by atoms with Crippen LogP contribution in [-0.2, 0) is 4.79 Å². The lowest BCUT2D eigenvalue weighted by Crippen LogP contribution is -2.36. The fourth-order valence-corrected chi connectivity index (χ4v) is 3.17. The van der Waals surface area contributed by atoms with Crippen LogP contribution in [0.2, 0.25) is 0 Å². The van der Waals surface area contributed by atoms with E-state index in [4.69, 9.17) is 5.11 Å². The third-order valence-corrected chi connectivity index (χ3v) is 4.14. The third kappa shape index (κ3) is 2.00. The molecule has 0 amide bonds. The first-order chi connectivity index (χ1) is 8.75. The minimum absolute atomic E-state index is 0.172. The van der Waals surface area contributed by atoms with E-state index in [1.165, 1.54) is 0 Å². The van der Waals surface area contributed by atoms with Crippen molar-refractivity contribution in [1.82, 2.24) is 15.8 Å². The van der Waals surface area contributed by atoms with Crippen LogP contribution in [0.4, 0.5) is 0 Å². The van der Waals surface area contributed by atoms with Crippen molar-refractivity contribution in [2.24, 2.45) is 11.8 Å². The van der Waals surface area contributed by atoms with Gasteiger partial charge in [0.2, 0.25) is 0 Å². The van der Waals surface area contributed by atoms with Gasteiger partial charge in [0.25, 0.3) is 0 Å². The molecule has 0 spiro atoms. The second kappa shape index (κ2) is 4.66. The highest BCUT2D eigenvalue weighted by atomic mass is 16.4. The summed E-state index contributed by atoms with van der Waals surface area (Å²) in [4.78, 5) is 15.3. The largest absolute Gasteiger partial charge is 0.481 e. The van der Waals surface area contributed by atoms with Crippen LogP contribution in [0.15, 0.2) is 24.5 Å². The molecule has 1 saturated heterocycles. The Hall–Kier alpha value is -1.46. The van der Waals surface area contributed by atoms with Gasteiger partial charge in [-0.3, -0.25) is 15.2 Å². The fourth-order valence-electron chi connectivity index (χ4n) is 3.17. The molecule has 4 unspecified atom stereocenters. The molecule has 0 radical (unpaired) electrons. The topological polar surface area (TPSA) is 74.2 Å². The van der Waals surface area contributed by atoms with Gasteiger partial charge in [0.1, 0.15) is 0 Å². The molecule has 0 bridgehead atoms. The third-order valence-electron chi connectivity index (χ3n) is 4.14. The fraction of sp³-hybridized carbons (Fsp3) is 0.538. The molecule has 2 fully saturated rings. The summed E-state index contributed by atoms with van der Waals surface area (Å²) in [6, 6.07) is 4.51. The summed E-state index contributed by atoms with van der Waals surface area (Å²) in [5.74, 6) is -0.526. The number of aliphatic carboxylic acids is 1. The number of nitrogens with one attached hydrogen (secondary N) is 2.